The van der Waals surface area contributed by atoms with Gasteiger partial charge < -0.3 is 0 Å². The standard InChI is InChI=1S/C6H5FN2O4S/c7-5-3-4(9(10)11)1-2-6(5)14(8,12)13/h1-3H,(H2,8,12,13). The number of hydrogen-bond donors (Lipinski definition) is 1. The van der Waals surface area contributed by atoms with Gasteiger partial charge in [0.2, 0.25) is 10.0 Å². The summed E-state index contributed by atoms with van der Waals surface area (Å²) >= 11 is 0. The van der Waals surface area contributed by atoms with Crippen LogP contribution in [0.25, 0.3) is 0 Å². The molecule has 0 aliphatic carbocycles. The van der Waals surface area contributed by atoms with Crippen molar-refractivity contribution in [1.29, 1.82) is 0 Å². The molecule has 0 unspecified atom stereocenters. The van der Waals surface area contributed by atoms with Crippen LogP contribution in [0.1, 0.15) is 0 Å². The molecule has 0 aromatic heterocycles. The number of nitro benzene ring substituents is 1. The summed E-state index contributed by atoms with van der Waals surface area (Å²) < 4.78 is 34.3. The third-order valence-corrected chi connectivity index (χ3v) is 2.38. The summed E-state index contributed by atoms with van der Waals surface area (Å²) in [5.74, 6) is -1.23. The van der Waals surface area contributed by atoms with Crippen LogP contribution in [0, 0.1) is 15.9 Å². The van der Waals surface area contributed by atoms with Crippen LogP contribution in [0.3, 0.4) is 0 Å². The molecule has 1 aromatic carbocycles. The Morgan fingerprint density at radius 2 is 2.00 bits per heavy atom. The maximum atomic E-state index is 12.9. The quantitative estimate of drug-likeness (QED) is 0.574. The van der Waals surface area contributed by atoms with Gasteiger partial charge in [0.1, 0.15) is 10.7 Å². The van der Waals surface area contributed by atoms with Crippen molar-refractivity contribution < 1.29 is 17.7 Å². The van der Waals surface area contributed by atoms with Crippen LogP contribution >= 0.6 is 0 Å². The lowest BCUT2D eigenvalue weighted by atomic mass is 10.3. The van der Waals surface area contributed by atoms with Crippen molar-refractivity contribution >= 4 is 15.7 Å². The van der Waals surface area contributed by atoms with E-state index in [0.29, 0.717) is 6.07 Å². The molecule has 0 saturated carbocycles. The second-order valence-electron chi connectivity index (χ2n) is 2.42. The first-order valence-electron chi connectivity index (χ1n) is 3.29. The van der Waals surface area contributed by atoms with Crippen LogP contribution in [0.2, 0.25) is 0 Å². The Labute approximate surface area is 78.4 Å². The summed E-state index contributed by atoms with van der Waals surface area (Å²) in [4.78, 5) is 8.57. The summed E-state index contributed by atoms with van der Waals surface area (Å²) in [5, 5.41) is 14.8. The van der Waals surface area contributed by atoms with Crippen LogP contribution in [0.15, 0.2) is 23.1 Å². The highest BCUT2D eigenvalue weighted by Gasteiger charge is 2.17. The Kier molecular flexibility index (Phi) is 2.49. The van der Waals surface area contributed by atoms with Crippen molar-refractivity contribution in [3.63, 3.8) is 0 Å². The Hall–Kier alpha value is -1.54. The number of nitrogens with two attached hydrogens (primary N) is 1. The highest BCUT2D eigenvalue weighted by Crippen LogP contribution is 2.18. The molecule has 0 bridgehead atoms. The number of hydrogen-bond acceptors (Lipinski definition) is 4. The molecule has 14 heavy (non-hydrogen) atoms. The molecule has 76 valence electrons. The van der Waals surface area contributed by atoms with Gasteiger partial charge >= 0.3 is 0 Å². The van der Waals surface area contributed by atoms with E-state index in [1.165, 1.54) is 0 Å². The molecular formula is C6H5FN2O4S. The van der Waals surface area contributed by atoms with Crippen LogP contribution < -0.4 is 5.14 Å². The number of non-ortho nitro benzene ring substituents is 1. The summed E-state index contributed by atoms with van der Waals surface area (Å²) in [5.41, 5.74) is -0.532. The highest BCUT2D eigenvalue weighted by molar-refractivity contribution is 7.89. The van der Waals surface area contributed by atoms with E-state index in [-0.39, 0.29) is 0 Å². The number of primary sulfonamides is 1. The number of benzene rings is 1. The summed E-state index contributed by atoms with van der Waals surface area (Å²) in [6, 6.07) is 2.12. The van der Waals surface area contributed by atoms with Crippen LogP contribution in [0.4, 0.5) is 10.1 Å². The summed E-state index contributed by atoms with van der Waals surface area (Å²) in [6.07, 6.45) is 0. The first-order valence-corrected chi connectivity index (χ1v) is 4.84. The average molecular weight is 220 g/mol. The highest BCUT2D eigenvalue weighted by atomic mass is 32.2. The third-order valence-electron chi connectivity index (χ3n) is 1.43. The van der Waals surface area contributed by atoms with Crippen LogP contribution in [-0.2, 0) is 10.0 Å². The lowest BCUT2D eigenvalue weighted by Gasteiger charge is -1.98. The van der Waals surface area contributed by atoms with Gasteiger partial charge in [-0.05, 0) is 6.07 Å². The normalized spacial score (nSPS) is 11.3. The SMILES string of the molecule is NS(=O)(=O)c1ccc([N+](=O)[O-])cc1F. The predicted molar refractivity (Wildman–Crippen MR) is 44.4 cm³/mol. The molecule has 2 N–H and O–H groups in total. The maximum Gasteiger partial charge on any atom is 0.272 e. The first-order chi connectivity index (χ1) is 6.32. The molecule has 0 radical (unpaired) electrons. The van der Waals surface area contributed by atoms with E-state index in [4.69, 9.17) is 0 Å². The minimum absolute atomic E-state index is 0.500. The fourth-order valence-electron chi connectivity index (χ4n) is 0.834. The average Bonchev–Trinajstić information content (AvgIpc) is 2.01. The topological polar surface area (TPSA) is 103 Å². The zero-order valence-electron chi connectivity index (χ0n) is 6.68. The molecule has 0 aliphatic rings. The number of nitro groups is 1. The fourth-order valence-corrected chi connectivity index (χ4v) is 1.42. The van der Waals surface area contributed by atoms with E-state index in [1.54, 1.807) is 0 Å². The van der Waals surface area contributed by atoms with E-state index in [9.17, 15) is 22.9 Å². The second-order valence-corrected chi connectivity index (χ2v) is 3.95. The van der Waals surface area contributed by atoms with Crippen molar-refractivity contribution in [2.45, 2.75) is 4.90 Å². The molecule has 8 heteroatoms. The Balaban J connectivity index is 3.35. The minimum Gasteiger partial charge on any atom is -0.258 e. The van der Waals surface area contributed by atoms with Crippen LogP contribution in [-0.4, -0.2) is 13.3 Å². The molecular weight excluding hydrogens is 215 g/mol. The van der Waals surface area contributed by atoms with Crippen molar-refractivity contribution in [1.82, 2.24) is 0 Å². The smallest absolute Gasteiger partial charge is 0.258 e. The summed E-state index contributed by atoms with van der Waals surface area (Å²) in [7, 11) is -4.17. The summed E-state index contributed by atoms with van der Waals surface area (Å²) in [6.45, 7) is 0. The van der Waals surface area contributed by atoms with Crippen LogP contribution in [0.5, 0.6) is 0 Å². The van der Waals surface area contributed by atoms with Gasteiger partial charge in [-0.2, -0.15) is 0 Å². The van der Waals surface area contributed by atoms with Crippen molar-refractivity contribution in [3.05, 3.63) is 34.1 Å². The molecule has 0 amide bonds. The largest absolute Gasteiger partial charge is 0.272 e. The molecule has 6 nitrogen and oxygen atoms in total. The number of sulfonamides is 1. The predicted octanol–water partition coefficient (Wildman–Crippen LogP) is 0.381. The van der Waals surface area contributed by atoms with E-state index in [2.05, 4.69) is 5.14 Å². The third kappa shape index (κ3) is 2.03. The lowest BCUT2D eigenvalue weighted by molar-refractivity contribution is -0.385. The molecule has 0 aliphatic heterocycles. The van der Waals surface area contributed by atoms with Crippen molar-refractivity contribution in [2.75, 3.05) is 0 Å². The van der Waals surface area contributed by atoms with E-state index >= 15 is 0 Å². The van der Waals surface area contributed by atoms with Gasteiger partial charge in [-0.25, -0.2) is 17.9 Å². The van der Waals surface area contributed by atoms with E-state index in [0.717, 1.165) is 12.1 Å². The van der Waals surface area contributed by atoms with Crippen molar-refractivity contribution in [3.8, 4) is 0 Å². The van der Waals surface area contributed by atoms with E-state index in [1.807, 2.05) is 0 Å². The second kappa shape index (κ2) is 3.31. The number of nitrogens with zero attached hydrogens (tertiary/aromatic N) is 1. The van der Waals surface area contributed by atoms with Gasteiger partial charge in [-0.15, -0.1) is 0 Å². The Morgan fingerprint density at radius 1 is 1.43 bits per heavy atom. The molecule has 1 rings (SSSR count). The Morgan fingerprint density at radius 3 is 2.36 bits per heavy atom. The lowest BCUT2D eigenvalue weighted by Crippen LogP contribution is -2.14. The molecule has 0 fully saturated rings. The molecule has 0 saturated heterocycles. The molecule has 0 atom stereocenters. The monoisotopic (exact) mass is 220 g/mol. The van der Waals surface area contributed by atoms with Gasteiger partial charge in [-0.1, -0.05) is 0 Å². The number of halogens is 1. The zero-order chi connectivity index (χ0) is 10.9. The van der Waals surface area contributed by atoms with Gasteiger partial charge in [0.05, 0.1) is 11.0 Å². The van der Waals surface area contributed by atoms with Gasteiger partial charge in [0.25, 0.3) is 5.69 Å². The molecule has 1 aromatic rings. The van der Waals surface area contributed by atoms with Gasteiger partial charge in [0, 0.05) is 6.07 Å². The maximum absolute atomic E-state index is 12.9. The Bertz CT molecular complexity index is 485. The molecule has 0 spiro atoms. The first kappa shape index (κ1) is 10.5. The minimum atomic E-state index is -4.17. The molecule has 0 heterocycles. The van der Waals surface area contributed by atoms with Crippen molar-refractivity contribution in [2.24, 2.45) is 5.14 Å². The number of rotatable bonds is 2. The van der Waals surface area contributed by atoms with Gasteiger partial charge in [-0.3, -0.25) is 10.1 Å². The van der Waals surface area contributed by atoms with Gasteiger partial charge in [0.15, 0.2) is 0 Å². The van der Waals surface area contributed by atoms with E-state index < -0.39 is 31.3 Å². The zero-order valence-corrected chi connectivity index (χ0v) is 7.49. The fraction of sp³-hybridized carbons (Fsp3) is 0.